The second-order valence-corrected chi connectivity index (χ2v) is 5.06. The molecule has 0 aliphatic carbocycles. The van der Waals surface area contributed by atoms with E-state index < -0.39 is 11.6 Å². The third-order valence-electron chi connectivity index (χ3n) is 3.55. The number of rotatable bonds is 2. The van der Waals surface area contributed by atoms with Crippen molar-refractivity contribution >= 4 is 0 Å². The van der Waals surface area contributed by atoms with E-state index in [0.29, 0.717) is 22.3 Å². The summed E-state index contributed by atoms with van der Waals surface area (Å²) in [6.07, 6.45) is 0. The van der Waals surface area contributed by atoms with Crippen LogP contribution >= 0.6 is 0 Å². The molecule has 0 unspecified atom stereocenters. The van der Waals surface area contributed by atoms with Crippen LogP contribution in [0, 0.1) is 25.5 Å². The third kappa shape index (κ3) is 2.46. The number of phenolic OH excluding ortho intramolecular Hbond substituents is 2. The number of aryl methyl sites for hydroxylation is 2. The lowest BCUT2D eigenvalue weighted by Gasteiger charge is -2.16. The van der Waals surface area contributed by atoms with Crippen molar-refractivity contribution in [3.8, 4) is 11.5 Å². The van der Waals surface area contributed by atoms with E-state index in [4.69, 9.17) is 0 Å². The number of phenols is 2. The first-order chi connectivity index (χ1) is 9.31. The Morgan fingerprint density at radius 1 is 0.800 bits per heavy atom. The fourth-order valence-electron chi connectivity index (χ4n) is 2.22. The number of aromatic hydroxyl groups is 2. The summed E-state index contributed by atoms with van der Waals surface area (Å²) in [4.78, 5) is 0. The van der Waals surface area contributed by atoms with Crippen LogP contribution < -0.4 is 0 Å². The monoisotopic (exact) mass is 278 g/mol. The van der Waals surface area contributed by atoms with Crippen LogP contribution in [0.1, 0.15) is 35.1 Å². The molecule has 2 aromatic carbocycles. The predicted molar refractivity (Wildman–Crippen MR) is 73.1 cm³/mol. The van der Waals surface area contributed by atoms with Crippen LogP contribution in [0.4, 0.5) is 8.78 Å². The van der Waals surface area contributed by atoms with E-state index >= 15 is 0 Å². The normalized spacial score (nSPS) is 11.1. The van der Waals surface area contributed by atoms with Gasteiger partial charge in [0.2, 0.25) is 0 Å². The Balaban J connectivity index is 2.49. The summed E-state index contributed by atoms with van der Waals surface area (Å²) >= 11 is 0. The van der Waals surface area contributed by atoms with Crippen LogP contribution in [-0.2, 0) is 0 Å². The minimum Gasteiger partial charge on any atom is -0.505 e. The first kappa shape index (κ1) is 14.3. The van der Waals surface area contributed by atoms with E-state index in [1.807, 2.05) is 6.92 Å². The van der Waals surface area contributed by atoms with E-state index in [0.717, 1.165) is 0 Å². The zero-order chi connectivity index (χ0) is 15.0. The van der Waals surface area contributed by atoms with E-state index in [1.54, 1.807) is 26.0 Å². The lowest BCUT2D eigenvalue weighted by atomic mass is 9.90. The summed E-state index contributed by atoms with van der Waals surface area (Å²) in [5.74, 6) is -2.37. The summed E-state index contributed by atoms with van der Waals surface area (Å²) < 4.78 is 27.1. The van der Waals surface area contributed by atoms with Crippen LogP contribution in [-0.4, -0.2) is 10.2 Å². The molecule has 0 amide bonds. The van der Waals surface area contributed by atoms with Crippen molar-refractivity contribution in [2.45, 2.75) is 26.7 Å². The van der Waals surface area contributed by atoms with Gasteiger partial charge in [-0.3, -0.25) is 0 Å². The van der Waals surface area contributed by atoms with E-state index in [2.05, 4.69) is 0 Å². The second kappa shape index (κ2) is 5.12. The van der Waals surface area contributed by atoms with Crippen molar-refractivity contribution in [3.63, 3.8) is 0 Å². The summed E-state index contributed by atoms with van der Waals surface area (Å²) in [6, 6.07) is 5.83. The molecule has 106 valence electrons. The van der Waals surface area contributed by atoms with Gasteiger partial charge in [0.05, 0.1) is 0 Å². The lowest BCUT2D eigenvalue weighted by Crippen LogP contribution is -2.00. The summed E-state index contributed by atoms with van der Waals surface area (Å²) in [7, 11) is 0. The molecule has 20 heavy (non-hydrogen) atoms. The molecule has 0 bridgehead atoms. The van der Waals surface area contributed by atoms with Crippen LogP contribution in [0.2, 0.25) is 0 Å². The van der Waals surface area contributed by atoms with Gasteiger partial charge in [0.1, 0.15) is 0 Å². The first-order valence-corrected chi connectivity index (χ1v) is 6.29. The summed E-state index contributed by atoms with van der Waals surface area (Å²) in [5, 5.41) is 18.9. The molecule has 0 spiro atoms. The molecule has 0 saturated carbocycles. The molecule has 0 aromatic heterocycles. The SMILES string of the molecule is Cc1cc(C(C)c2cc(C)c(O)c(F)c2)cc(F)c1O. The topological polar surface area (TPSA) is 40.5 Å². The maximum Gasteiger partial charge on any atom is 0.165 e. The highest BCUT2D eigenvalue weighted by Crippen LogP contribution is 2.32. The summed E-state index contributed by atoms with van der Waals surface area (Å²) in [6.45, 7) is 5.03. The van der Waals surface area contributed by atoms with E-state index in [-0.39, 0.29) is 17.4 Å². The number of benzene rings is 2. The van der Waals surface area contributed by atoms with Gasteiger partial charge < -0.3 is 10.2 Å². The van der Waals surface area contributed by atoms with Gasteiger partial charge in [0.15, 0.2) is 23.1 Å². The quantitative estimate of drug-likeness (QED) is 0.866. The molecule has 0 saturated heterocycles. The molecular weight excluding hydrogens is 262 g/mol. The smallest absolute Gasteiger partial charge is 0.165 e. The average Bonchev–Trinajstić information content (AvgIpc) is 2.40. The van der Waals surface area contributed by atoms with Gasteiger partial charge in [-0.1, -0.05) is 19.1 Å². The molecule has 2 rings (SSSR count). The largest absolute Gasteiger partial charge is 0.505 e. The molecule has 0 atom stereocenters. The minimum absolute atomic E-state index is 0.252. The van der Waals surface area contributed by atoms with Crippen molar-refractivity contribution in [2.75, 3.05) is 0 Å². The molecule has 2 aromatic rings. The fraction of sp³-hybridized carbons (Fsp3) is 0.250. The Bertz CT molecular complexity index is 562. The van der Waals surface area contributed by atoms with E-state index in [1.165, 1.54) is 12.1 Å². The fourth-order valence-corrected chi connectivity index (χ4v) is 2.22. The molecular formula is C16H16F2O2. The third-order valence-corrected chi connectivity index (χ3v) is 3.55. The molecule has 0 radical (unpaired) electrons. The second-order valence-electron chi connectivity index (χ2n) is 5.06. The Hall–Kier alpha value is -2.10. The highest BCUT2D eigenvalue weighted by Gasteiger charge is 2.16. The van der Waals surface area contributed by atoms with Crippen molar-refractivity contribution in [1.29, 1.82) is 0 Å². The van der Waals surface area contributed by atoms with E-state index in [9.17, 15) is 19.0 Å². The van der Waals surface area contributed by atoms with Gasteiger partial charge in [0.25, 0.3) is 0 Å². The van der Waals surface area contributed by atoms with Gasteiger partial charge in [-0.05, 0) is 48.2 Å². The lowest BCUT2D eigenvalue weighted by molar-refractivity contribution is 0.426. The molecule has 0 aliphatic heterocycles. The molecule has 4 heteroatoms. The highest BCUT2D eigenvalue weighted by molar-refractivity contribution is 5.44. The van der Waals surface area contributed by atoms with Crippen molar-refractivity contribution in [1.82, 2.24) is 0 Å². The number of hydrogen-bond acceptors (Lipinski definition) is 2. The van der Waals surface area contributed by atoms with Crippen molar-refractivity contribution in [3.05, 3.63) is 58.2 Å². The van der Waals surface area contributed by atoms with Crippen LogP contribution in [0.15, 0.2) is 24.3 Å². The zero-order valence-corrected chi connectivity index (χ0v) is 11.5. The minimum atomic E-state index is -0.692. The Kier molecular flexibility index (Phi) is 3.66. The van der Waals surface area contributed by atoms with Gasteiger partial charge in [0, 0.05) is 5.92 Å². The molecule has 0 fully saturated rings. The maximum atomic E-state index is 13.6. The Morgan fingerprint density at radius 2 is 1.15 bits per heavy atom. The summed E-state index contributed by atoms with van der Waals surface area (Å²) in [5.41, 5.74) is 2.15. The molecule has 2 nitrogen and oxygen atoms in total. The maximum absolute atomic E-state index is 13.6. The number of hydrogen-bond donors (Lipinski definition) is 2. The highest BCUT2D eigenvalue weighted by atomic mass is 19.1. The van der Waals surface area contributed by atoms with Crippen molar-refractivity contribution in [2.24, 2.45) is 0 Å². The van der Waals surface area contributed by atoms with Gasteiger partial charge in [-0.15, -0.1) is 0 Å². The van der Waals surface area contributed by atoms with Gasteiger partial charge >= 0.3 is 0 Å². The van der Waals surface area contributed by atoms with Gasteiger partial charge in [-0.2, -0.15) is 0 Å². The first-order valence-electron chi connectivity index (χ1n) is 6.29. The molecule has 2 N–H and O–H groups in total. The molecule has 0 heterocycles. The van der Waals surface area contributed by atoms with Crippen LogP contribution in [0.25, 0.3) is 0 Å². The van der Waals surface area contributed by atoms with Crippen LogP contribution in [0.5, 0.6) is 11.5 Å². The predicted octanol–water partition coefficient (Wildman–Crippen LogP) is 4.14. The standard InChI is InChI=1S/C16H16F2O2/c1-8-4-11(6-13(17)15(8)19)10(3)12-5-9(2)16(20)14(18)7-12/h4-7,10,19-20H,1-3H3. The Labute approximate surface area is 116 Å². The Morgan fingerprint density at radius 3 is 1.45 bits per heavy atom. The van der Waals surface area contributed by atoms with Crippen LogP contribution in [0.3, 0.4) is 0 Å². The van der Waals surface area contributed by atoms with Crippen molar-refractivity contribution < 1.29 is 19.0 Å². The van der Waals surface area contributed by atoms with Gasteiger partial charge in [-0.25, -0.2) is 8.78 Å². The number of halogens is 2. The zero-order valence-electron chi connectivity index (χ0n) is 11.5. The molecule has 0 aliphatic rings. The average molecular weight is 278 g/mol.